The Morgan fingerprint density at radius 2 is 1.70 bits per heavy atom. The summed E-state index contributed by atoms with van der Waals surface area (Å²) in [4.78, 5) is 0.347. The first-order valence-electron chi connectivity index (χ1n) is 8.11. The Labute approximate surface area is 139 Å². The fourth-order valence-electron chi connectivity index (χ4n) is 3.16. The van der Waals surface area contributed by atoms with Crippen LogP contribution in [-0.2, 0) is 19.3 Å². The van der Waals surface area contributed by atoms with E-state index in [0.717, 1.165) is 11.1 Å². The van der Waals surface area contributed by atoms with E-state index in [9.17, 15) is 8.42 Å². The third kappa shape index (κ3) is 3.67. The van der Waals surface area contributed by atoms with Gasteiger partial charge in [0, 0.05) is 13.2 Å². The Bertz CT molecular complexity index is 645. The van der Waals surface area contributed by atoms with Gasteiger partial charge in [0.2, 0.25) is 0 Å². The van der Waals surface area contributed by atoms with Crippen LogP contribution in [0.25, 0.3) is 0 Å². The van der Waals surface area contributed by atoms with Crippen LogP contribution in [0.2, 0.25) is 0 Å². The van der Waals surface area contributed by atoms with Crippen molar-refractivity contribution in [2.24, 2.45) is 0 Å². The maximum atomic E-state index is 13.1. The summed E-state index contributed by atoms with van der Waals surface area (Å²) in [6.07, 6.45) is -0.280. The quantitative estimate of drug-likeness (QED) is 0.746. The molecule has 1 saturated carbocycles. The number of hydrogen-bond acceptors (Lipinski definition) is 4. The second-order valence-corrected chi connectivity index (χ2v) is 8.09. The first kappa shape index (κ1) is 18.2. The Hall–Kier alpha value is -1.17. The second kappa shape index (κ2) is 7.60. The van der Waals surface area contributed by atoms with E-state index in [1.807, 2.05) is 33.8 Å². The van der Waals surface area contributed by atoms with Crippen LogP contribution < -0.4 is 0 Å². The monoisotopic (exact) mass is 338 g/mol. The normalized spacial score (nSPS) is 24.9. The number of benzene rings is 1. The standard InChI is InChI=1S/C18H26O4S/c1-5-21-17-15(13(3)4)12-16(18(17)22-6-2)23(19,20)14-10-8-7-9-11-14/h7-11,16-18H,5-6,12H2,1-4H3. The van der Waals surface area contributed by atoms with Gasteiger partial charge in [-0.1, -0.05) is 23.8 Å². The minimum atomic E-state index is -3.47. The lowest BCUT2D eigenvalue weighted by Gasteiger charge is -2.25. The molecule has 0 heterocycles. The van der Waals surface area contributed by atoms with Gasteiger partial charge in [-0.2, -0.15) is 0 Å². The fourth-order valence-corrected chi connectivity index (χ4v) is 5.02. The van der Waals surface area contributed by atoms with E-state index in [0.29, 0.717) is 24.5 Å². The molecule has 5 heteroatoms. The van der Waals surface area contributed by atoms with Crippen LogP contribution >= 0.6 is 0 Å². The molecule has 0 radical (unpaired) electrons. The van der Waals surface area contributed by atoms with Crippen molar-refractivity contribution in [1.29, 1.82) is 0 Å². The first-order valence-corrected chi connectivity index (χ1v) is 9.66. The number of allylic oxidation sites excluding steroid dienone is 1. The highest BCUT2D eigenvalue weighted by Gasteiger charge is 2.48. The Morgan fingerprint density at radius 1 is 1.09 bits per heavy atom. The van der Waals surface area contributed by atoms with Crippen molar-refractivity contribution < 1.29 is 17.9 Å². The van der Waals surface area contributed by atoms with Crippen LogP contribution in [0.15, 0.2) is 46.4 Å². The maximum Gasteiger partial charge on any atom is 0.184 e. The van der Waals surface area contributed by atoms with Crippen LogP contribution in [-0.4, -0.2) is 39.1 Å². The predicted octanol–water partition coefficient (Wildman–Crippen LogP) is 3.38. The molecule has 1 aliphatic rings. The molecule has 0 aromatic heterocycles. The highest BCUT2D eigenvalue weighted by molar-refractivity contribution is 7.92. The number of hydrogen-bond donors (Lipinski definition) is 0. The van der Waals surface area contributed by atoms with E-state index in [1.54, 1.807) is 24.3 Å². The van der Waals surface area contributed by atoms with Gasteiger partial charge in [-0.3, -0.25) is 0 Å². The zero-order valence-electron chi connectivity index (χ0n) is 14.3. The number of ether oxygens (including phenoxy) is 2. The molecule has 1 aromatic rings. The molecule has 2 rings (SSSR count). The molecule has 128 valence electrons. The summed E-state index contributed by atoms with van der Waals surface area (Å²) in [6, 6.07) is 8.61. The smallest absolute Gasteiger partial charge is 0.184 e. The van der Waals surface area contributed by atoms with Gasteiger partial charge in [0.05, 0.1) is 10.1 Å². The van der Waals surface area contributed by atoms with E-state index >= 15 is 0 Å². The maximum absolute atomic E-state index is 13.1. The summed E-state index contributed by atoms with van der Waals surface area (Å²) in [6.45, 7) is 8.80. The number of sulfone groups is 1. The summed E-state index contributed by atoms with van der Waals surface area (Å²) >= 11 is 0. The van der Waals surface area contributed by atoms with Gasteiger partial charge in [0.1, 0.15) is 12.2 Å². The molecule has 0 N–H and O–H groups in total. The third-order valence-corrected chi connectivity index (χ3v) is 6.41. The Balaban J connectivity index is 2.46. The highest BCUT2D eigenvalue weighted by Crippen LogP contribution is 2.39. The molecule has 1 aromatic carbocycles. The lowest BCUT2D eigenvalue weighted by atomic mass is 10.1. The van der Waals surface area contributed by atoms with Gasteiger partial charge < -0.3 is 9.47 Å². The van der Waals surface area contributed by atoms with Gasteiger partial charge in [-0.15, -0.1) is 0 Å². The highest BCUT2D eigenvalue weighted by atomic mass is 32.2. The lowest BCUT2D eigenvalue weighted by Crippen LogP contribution is -2.39. The average molecular weight is 338 g/mol. The fraction of sp³-hybridized carbons (Fsp3) is 0.556. The molecule has 0 spiro atoms. The molecule has 3 unspecified atom stereocenters. The van der Waals surface area contributed by atoms with Crippen molar-refractivity contribution in [3.05, 3.63) is 41.5 Å². The number of rotatable bonds is 6. The first-order chi connectivity index (χ1) is 10.9. The zero-order chi connectivity index (χ0) is 17.0. The minimum absolute atomic E-state index is 0.284. The van der Waals surface area contributed by atoms with Crippen molar-refractivity contribution >= 4 is 9.84 Å². The summed E-state index contributed by atoms with van der Waals surface area (Å²) in [7, 11) is -3.47. The molecule has 1 fully saturated rings. The second-order valence-electron chi connectivity index (χ2n) is 5.92. The predicted molar refractivity (Wildman–Crippen MR) is 91.2 cm³/mol. The molecule has 1 aliphatic carbocycles. The average Bonchev–Trinajstić information content (AvgIpc) is 2.89. The molecule has 23 heavy (non-hydrogen) atoms. The molecule has 0 aliphatic heterocycles. The summed E-state index contributed by atoms with van der Waals surface area (Å²) in [5, 5.41) is -0.605. The summed E-state index contributed by atoms with van der Waals surface area (Å²) in [5.41, 5.74) is 2.16. The third-order valence-electron chi connectivity index (χ3n) is 4.25. The van der Waals surface area contributed by atoms with Gasteiger partial charge in [0.15, 0.2) is 9.84 Å². The SMILES string of the molecule is CCOC1C(=C(C)C)CC(S(=O)(=O)c2ccccc2)C1OCC. The molecular weight excluding hydrogens is 312 g/mol. The van der Waals surface area contributed by atoms with Crippen molar-refractivity contribution in [3.63, 3.8) is 0 Å². The van der Waals surface area contributed by atoms with Crippen LogP contribution in [0.1, 0.15) is 34.1 Å². The lowest BCUT2D eigenvalue weighted by molar-refractivity contribution is -0.0351. The van der Waals surface area contributed by atoms with E-state index < -0.39 is 21.2 Å². The van der Waals surface area contributed by atoms with Crippen LogP contribution in [0.5, 0.6) is 0 Å². The molecule has 0 saturated heterocycles. The van der Waals surface area contributed by atoms with Crippen molar-refractivity contribution in [2.45, 2.75) is 56.5 Å². The van der Waals surface area contributed by atoms with E-state index in [2.05, 4.69) is 0 Å². The van der Waals surface area contributed by atoms with Crippen molar-refractivity contribution in [3.8, 4) is 0 Å². The van der Waals surface area contributed by atoms with Crippen LogP contribution in [0.4, 0.5) is 0 Å². The van der Waals surface area contributed by atoms with Crippen LogP contribution in [0, 0.1) is 0 Å². The van der Waals surface area contributed by atoms with Crippen molar-refractivity contribution in [2.75, 3.05) is 13.2 Å². The van der Waals surface area contributed by atoms with Gasteiger partial charge >= 0.3 is 0 Å². The summed E-state index contributed by atoms with van der Waals surface area (Å²) < 4.78 is 37.8. The summed E-state index contributed by atoms with van der Waals surface area (Å²) in [5.74, 6) is 0. The topological polar surface area (TPSA) is 52.6 Å². The Kier molecular flexibility index (Phi) is 6.00. The van der Waals surface area contributed by atoms with Gasteiger partial charge in [-0.25, -0.2) is 8.42 Å². The minimum Gasteiger partial charge on any atom is -0.374 e. The van der Waals surface area contributed by atoms with Gasteiger partial charge in [0.25, 0.3) is 0 Å². The van der Waals surface area contributed by atoms with E-state index in [1.165, 1.54) is 0 Å². The van der Waals surface area contributed by atoms with E-state index in [-0.39, 0.29) is 6.10 Å². The molecule has 3 atom stereocenters. The van der Waals surface area contributed by atoms with Gasteiger partial charge in [-0.05, 0) is 51.8 Å². The molecule has 0 amide bonds. The molecule has 0 bridgehead atoms. The van der Waals surface area contributed by atoms with E-state index in [4.69, 9.17) is 9.47 Å². The largest absolute Gasteiger partial charge is 0.374 e. The van der Waals surface area contributed by atoms with Crippen LogP contribution in [0.3, 0.4) is 0 Å². The molecule has 4 nitrogen and oxygen atoms in total. The van der Waals surface area contributed by atoms with Crippen molar-refractivity contribution in [1.82, 2.24) is 0 Å². The molecular formula is C18H26O4S. The zero-order valence-corrected chi connectivity index (χ0v) is 15.1. The Morgan fingerprint density at radius 3 is 2.22 bits per heavy atom.